The van der Waals surface area contributed by atoms with Crippen molar-refractivity contribution in [3.8, 4) is 12.3 Å². The van der Waals surface area contributed by atoms with Gasteiger partial charge in [-0.2, -0.15) is 13.2 Å². The minimum absolute atomic E-state index is 0.0572. The van der Waals surface area contributed by atoms with E-state index in [-0.39, 0.29) is 39.8 Å². The number of rotatable bonds is 2. The Bertz CT molecular complexity index is 617. The Morgan fingerprint density at radius 2 is 1.95 bits per heavy atom. The summed E-state index contributed by atoms with van der Waals surface area (Å²) in [6.07, 6.45) is 4.96. The molecule has 0 bridgehead atoms. The van der Waals surface area contributed by atoms with Crippen LogP contribution < -0.4 is 5.32 Å². The number of amides is 2. The van der Waals surface area contributed by atoms with E-state index in [1.807, 2.05) is 5.32 Å². The molecule has 0 aromatic heterocycles. The smallest absolute Gasteiger partial charge is 0.288 e. The van der Waals surface area contributed by atoms with Gasteiger partial charge in [0.25, 0.3) is 11.8 Å². The maximum absolute atomic E-state index is 12.4. The third-order valence-electron chi connectivity index (χ3n) is 2.47. The van der Waals surface area contributed by atoms with E-state index in [1.165, 1.54) is 6.07 Å². The highest BCUT2D eigenvalue weighted by molar-refractivity contribution is 8.00. The third-order valence-corrected chi connectivity index (χ3v) is 3.31. The van der Waals surface area contributed by atoms with E-state index in [4.69, 9.17) is 6.42 Å². The number of halogens is 3. The summed E-state index contributed by atoms with van der Waals surface area (Å²) in [5.41, 5.74) is -4.43. The minimum atomic E-state index is -4.49. The predicted molar refractivity (Wildman–Crippen MR) is 62.7 cm³/mol. The molecule has 2 rings (SSSR count). The van der Waals surface area contributed by atoms with Gasteiger partial charge in [0.15, 0.2) is 0 Å². The molecule has 2 amide bonds. The van der Waals surface area contributed by atoms with Crippen LogP contribution in [0, 0.1) is 12.3 Å². The number of terminal acetylenes is 1. The van der Waals surface area contributed by atoms with Crippen LogP contribution in [-0.2, 0) is 6.42 Å². The van der Waals surface area contributed by atoms with Gasteiger partial charge >= 0.3 is 5.51 Å². The monoisotopic (exact) mass is 285 g/mol. The molecule has 3 nitrogen and oxygen atoms in total. The van der Waals surface area contributed by atoms with Crippen LogP contribution in [0.1, 0.15) is 26.3 Å². The molecule has 0 unspecified atom stereocenters. The maximum Gasteiger partial charge on any atom is 0.446 e. The molecule has 19 heavy (non-hydrogen) atoms. The summed E-state index contributed by atoms with van der Waals surface area (Å²) in [6, 6.07) is 2.35. The van der Waals surface area contributed by atoms with Crippen molar-refractivity contribution in [1.29, 1.82) is 0 Å². The number of thioether (sulfide) groups is 1. The lowest BCUT2D eigenvalue weighted by atomic mass is 10.0. The number of carbonyl (C=O) groups is 2. The van der Waals surface area contributed by atoms with Crippen molar-refractivity contribution in [2.75, 3.05) is 0 Å². The summed E-state index contributed by atoms with van der Waals surface area (Å²) in [6.45, 7) is 0. The summed E-state index contributed by atoms with van der Waals surface area (Å²) in [5.74, 6) is 0.867. The normalized spacial score (nSPS) is 14.0. The Morgan fingerprint density at radius 1 is 1.26 bits per heavy atom. The molecule has 1 aromatic carbocycles. The summed E-state index contributed by atoms with van der Waals surface area (Å²) in [4.78, 5) is 22.9. The average molecular weight is 285 g/mol. The van der Waals surface area contributed by atoms with Crippen LogP contribution in [0.25, 0.3) is 0 Å². The number of nitrogens with one attached hydrogen (secondary N) is 1. The molecule has 7 heteroatoms. The molecule has 0 spiro atoms. The number of carbonyl (C=O) groups excluding carboxylic acids is 2. The van der Waals surface area contributed by atoms with Crippen molar-refractivity contribution in [2.24, 2.45) is 0 Å². The van der Waals surface area contributed by atoms with Crippen molar-refractivity contribution in [1.82, 2.24) is 5.32 Å². The van der Waals surface area contributed by atoms with Gasteiger partial charge in [-0.05, 0) is 29.5 Å². The largest absolute Gasteiger partial charge is 0.446 e. The molecular weight excluding hydrogens is 279 g/mol. The second-order valence-electron chi connectivity index (χ2n) is 3.68. The van der Waals surface area contributed by atoms with Gasteiger partial charge in [0.2, 0.25) is 0 Å². The molecule has 1 N–H and O–H groups in total. The van der Waals surface area contributed by atoms with Crippen molar-refractivity contribution < 1.29 is 22.8 Å². The Hall–Kier alpha value is -1.94. The lowest BCUT2D eigenvalue weighted by Crippen LogP contribution is -2.20. The molecule has 0 atom stereocenters. The minimum Gasteiger partial charge on any atom is -0.288 e. The van der Waals surface area contributed by atoms with Crippen molar-refractivity contribution >= 4 is 23.6 Å². The zero-order valence-electron chi connectivity index (χ0n) is 9.30. The first kappa shape index (κ1) is 13.5. The Balaban J connectivity index is 2.59. The third kappa shape index (κ3) is 2.58. The fraction of sp³-hybridized carbons (Fsp3) is 0.167. The first-order chi connectivity index (χ1) is 8.83. The molecule has 0 saturated heterocycles. The van der Waals surface area contributed by atoms with Crippen molar-refractivity contribution in [2.45, 2.75) is 16.8 Å². The summed E-state index contributed by atoms with van der Waals surface area (Å²) < 4.78 is 37.3. The van der Waals surface area contributed by atoms with E-state index < -0.39 is 17.3 Å². The fourth-order valence-electron chi connectivity index (χ4n) is 1.81. The van der Waals surface area contributed by atoms with Gasteiger partial charge in [-0.3, -0.25) is 14.9 Å². The summed E-state index contributed by atoms with van der Waals surface area (Å²) in [7, 11) is 0. The zero-order chi connectivity index (χ0) is 14.2. The maximum atomic E-state index is 12.4. The van der Waals surface area contributed by atoms with Gasteiger partial charge in [0.1, 0.15) is 0 Å². The van der Waals surface area contributed by atoms with E-state index in [2.05, 4.69) is 5.92 Å². The van der Waals surface area contributed by atoms with Crippen LogP contribution in [0.15, 0.2) is 17.0 Å². The number of fused-ring (bicyclic) bond motifs is 1. The van der Waals surface area contributed by atoms with Gasteiger partial charge < -0.3 is 0 Å². The van der Waals surface area contributed by atoms with Crippen molar-refractivity contribution in [3.63, 3.8) is 0 Å². The molecule has 1 heterocycles. The topological polar surface area (TPSA) is 46.2 Å². The highest BCUT2D eigenvalue weighted by Crippen LogP contribution is 2.40. The zero-order valence-corrected chi connectivity index (χ0v) is 10.1. The number of imide groups is 1. The number of benzene rings is 1. The van der Waals surface area contributed by atoms with Gasteiger partial charge in [0.05, 0.1) is 11.1 Å². The standard InChI is InChI=1S/C12H6F3NO2S/c1-2-3-6-8(19-12(13,14)15)5-4-7-9(6)11(18)16-10(7)17/h1,4-5H,3H2,(H,16,17,18). The molecule has 0 saturated carbocycles. The molecule has 0 fully saturated rings. The van der Waals surface area contributed by atoms with E-state index in [0.717, 1.165) is 6.07 Å². The lowest BCUT2D eigenvalue weighted by molar-refractivity contribution is -0.0328. The van der Waals surface area contributed by atoms with Gasteiger partial charge in [-0.1, -0.05) is 0 Å². The first-order valence-corrected chi connectivity index (χ1v) is 5.86. The second-order valence-corrected chi connectivity index (χ2v) is 4.78. The quantitative estimate of drug-likeness (QED) is 0.515. The van der Waals surface area contributed by atoms with E-state index in [0.29, 0.717) is 0 Å². The molecular formula is C12H6F3NO2S. The highest BCUT2D eigenvalue weighted by Gasteiger charge is 2.35. The SMILES string of the molecule is C#CCc1c(SC(F)(F)F)ccc2c1C(=O)NC2=O. The van der Waals surface area contributed by atoms with Gasteiger partial charge in [-0.25, -0.2) is 0 Å². The van der Waals surface area contributed by atoms with E-state index in [9.17, 15) is 22.8 Å². The second kappa shape index (κ2) is 4.63. The molecule has 1 aliphatic rings. The van der Waals surface area contributed by atoms with Crippen LogP contribution in [0.3, 0.4) is 0 Å². The van der Waals surface area contributed by atoms with Crippen LogP contribution in [0.5, 0.6) is 0 Å². The van der Waals surface area contributed by atoms with E-state index >= 15 is 0 Å². The van der Waals surface area contributed by atoms with Gasteiger partial charge in [0, 0.05) is 11.3 Å². The lowest BCUT2D eigenvalue weighted by Gasteiger charge is -2.11. The molecule has 1 aliphatic heterocycles. The van der Waals surface area contributed by atoms with Crippen LogP contribution in [0.2, 0.25) is 0 Å². The molecule has 98 valence electrons. The number of hydrogen-bond acceptors (Lipinski definition) is 3. The number of hydrogen-bond donors (Lipinski definition) is 1. The van der Waals surface area contributed by atoms with E-state index in [1.54, 1.807) is 0 Å². The number of alkyl halides is 3. The average Bonchev–Trinajstić information content (AvgIpc) is 2.56. The Labute approximate surface area is 110 Å². The van der Waals surface area contributed by atoms with Crippen LogP contribution >= 0.6 is 11.8 Å². The van der Waals surface area contributed by atoms with Crippen LogP contribution in [0.4, 0.5) is 13.2 Å². The van der Waals surface area contributed by atoms with Crippen molar-refractivity contribution in [3.05, 3.63) is 28.8 Å². The van der Waals surface area contributed by atoms with Gasteiger partial charge in [-0.15, -0.1) is 12.3 Å². The molecule has 0 aliphatic carbocycles. The van der Waals surface area contributed by atoms with Crippen LogP contribution in [-0.4, -0.2) is 17.3 Å². The Morgan fingerprint density at radius 3 is 2.53 bits per heavy atom. The molecule has 1 aromatic rings. The Kier molecular flexibility index (Phi) is 3.28. The first-order valence-electron chi connectivity index (χ1n) is 5.04. The summed E-state index contributed by atoms with van der Waals surface area (Å²) >= 11 is -0.350. The highest BCUT2D eigenvalue weighted by atomic mass is 32.2. The summed E-state index contributed by atoms with van der Waals surface area (Å²) in [5, 5.41) is 2.03. The fourth-order valence-corrected chi connectivity index (χ4v) is 2.49. The molecule has 0 radical (unpaired) electrons. The predicted octanol–water partition coefficient (Wildman–Crippen LogP) is 2.36.